The van der Waals surface area contributed by atoms with Crippen LogP contribution in [0.5, 0.6) is 0 Å². The molecule has 0 unspecified atom stereocenters. The van der Waals surface area contributed by atoms with Gasteiger partial charge in [-0.05, 0) is 50.1 Å². The molecule has 1 heterocycles. The van der Waals surface area contributed by atoms with E-state index < -0.39 is 15.1 Å². The highest BCUT2D eigenvalue weighted by molar-refractivity contribution is 7.92. The Labute approximate surface area is 136 Å². The Morgan fingerprint density at radius 1 is 1.13 bits per heavy atom. The Balaban J connectivity index is 1.91. The van der Waals surface area contributed by atoms with E-state index in [-0.39, 0.29) is 5.91 Å². The minimum atomic E-state index is -3.24. The molecule has 0 fully saturated rings. The normalized spacial score (nSPS) is 11.4. The molecule has 2 aromatic rings. The van der Waals surface area contributed by atoms with Gasteiger partial charge in [0.25, 0.3) is 5.91 Å². The maximum Gasteiger partial charge on any atom is 0.269 e. The van der Waals surface area contributed by atoms with E-state index in [0.29, 0.717) is 23.6 Å². The average molecular weight is 332 g/mol. The number of hydrogen-bond donors (Lipinski definition) is 1. The fourth-order valence-corrected chi connectivity index (χ4v) is 3.09. The molecule has 0 radical (unpaired) electrons. The van der Waals surface area contributed by atoms with Crippen LogP contribution >= 0.6 is 0 Å². The van der Waals surface area contributed by atoms with Crippen molar-refractivity contribution in [2.45, 2.75) is 30.4 Å². The number of rotatable bonds is 6. The zero-order valence-corrected chi connectivity index (χ0v) is 14.0. The molecule has 1 N–H and O–H groups in total. The zero-order chi connectivity index (χ0) is 16.9. The summed E-state index contributed by atoms with van der Waals surface area (Å²) in [4.78, 5) is 16.2. The minimum Gasteiger partial charge on any atom is -0.350 e. The van der Waals surface area contributed by atoms with E-state index in [1.165, 1.54) is 0 Å². The first kappa shape index (κ1) is 17.1. The summed E-state index contributed by atoms with van der Waals surface area (Å²) < 4.78 is 24.1. The first-order valence-corrected chi connectivity index (χ1v) is 8.98. The smallest absolute Gasteiger partial charge is 0.269 e. The predicted octanol–water partition coefficient (Wildman–Crippen LogP) is 2.24. The summed E-state index contributed by atoms with van der Waals surface area (Å²) >= 11 is 0. The molecule has 1 amide bonds. The third-order valence-corrected chi connectivity index (χ3v) is 5.64. The molecule has 6 heteroatoms. The van der Waals surface area contributed by atoms with Crippen molar-refractivity contribution in [1.82, 2.24) is 10.3 Å². The number of hydrogen-bond acceptors (Lipinski definition) is 4. The highest BCUT2D eigenvalue weighted by Gasteiger charge is 2.18. The van der Waals surface area contributed by atoms with Crippen LogP contribution in [0.15, 0.2) is 53.6 Å². The lowest BCUT2D eigenvalue weighted by Gasteiger charge is -2.09. The molecule has 5 nitrogen and oxygen atoms in total. The topological polar surface area (TPSA) is 76.1 Å². The van der Waals surface area contributed by atoms with Crippen LogP contribution in [0.25, 0.3) is 0 Å². The van der Waals surface area contributed by atoms with Crippen molar-refractivity contribution in [3.05, 3.63) is 59.9 Å². The lowest BCUT2D eigenvalue weighted by Crippen LogP contribution is -2.26. The van der Waals surface area contributed by atoms with Crippen molar-refractivity contribution in [1.29, 1.82) is 0 Å². The van der Waals surface area contributed by atoms with Gasteiger partial charge < -0.3 is 5.32 Å². The summed E-state index contributed by atoms with van der Waals surface area (Å²) in [5, 5.41) is 2.35. The third kappa shape index (κ3) is 4.39. The van der Waals surface area contributed by atoms with Crippen LogP contribution in [0.3, 0.4) is 0 Å². The van der Waals surface area contributed by atoms with Crippen molar-refractivity contribution in [3.63, 3.8) is 0 Å². The van der Waals surface area contributed by atoms with Gasteiger partial charge in [-0.2, -0.15) is 0 Å². The number of aromatic nitrogens is 1. The maximum atomic E-state index is 12.0. The number of benzene rings is 1. The monoisotopic (exact) mass is 332 g/mol. The van der Waals surface area contributed by atoms with Gasteiger partial charge in [-0.15, -0.1) is 0 Å². The van der Waals surface area contributed by atoms with Gasteiger partial charge in [0.15, 0.2) is 9.84 Å². The van der Waals surface area contributed by atoms with Gasteiger partial charge in [-0.25, -0.2) is 8.42 Å². The molecule has 2 rings (SSSR count). The number of carbonyl (C=O) groups excluding carboxylic acids is 1. The Morgan fingerprint density at radius 2 is 1.83 bits per heavy atom. The Morgan fingerprint density at radius 3 is 2.39 bits per heavy atom. The largest absolute Gasteiger partial charge is 0.350 e. The summed E-state index contributed by atoms with van der Waals surface area (Å²) in [6.07, 6.45) is 2.20. The minimum absolute atomic E-state index is 0.218. The number of nitrogens with one attached hydrogen (secondary N) is 1. The summed E-state index contributed by atoms with van der Waals surface area (Å²) in [5.41, 5.74) is 1.35. The predicted molar refractivity (Wildman–Crippen MR) is 89.0 cm³/mol. The Kier molecular flexibility index (Phi) is 5.50. The van der Waals surface area contributed by atoms with E-state index in [4.69, 9.17) is 0 Å². The van der Waals surface area contributed by atoms with Gasteiger partial charge >= 0.3 is 0 Å². The van der Waals surface area contributed by atoms with Crippen LogP contribution in [-0.4, -0.2) is 31.1 Å². The summed E-state index contributed by atoms with van der Waals surface area (Å²) in [6.45, 7) is 3.79. The van der Waals surface area contributed by atoms with Gasteiger partial charge in [-0.1, -0.05) is 18.2 Å². The molecule has 0 aliphatic carbocycles. The van der Waals surface area contributed by atoms with Crippen LogP contribution in [-0.2, 0) is 16.3 Å². The molecule has 0 aliphatic rings. The average Bonchev–Trinajstić information content (AvgIpc) is 2.56. The van der Waals surface area contributed by atoms with Crippen molar-refractivity contribution in [2.75, 3.05) is 6.54 Å². The second kappa shape index (κ2) is 7.37. The fraction of sp³-hybridized carbons (Fsp3) is 0.294. The van der Waals surface area contributed by atoms with Crippen LogP contribution in [0.1, 0.15) is 29.9 Å². The van der Waals surface area contributed by atoms with E-state index in [2.05, 4.69) is 10.3 Å². The van der Waals surface area contributed by atoms with E-state index in [9.17, 15) is 13.2 Å². The molecule has 0 aliphatic heterocycles. The van der Waals surface area contributed by atoms with Gasteiger partial charge in [0.1, 0.15) is 5.69 Å². The van der Waals surface area contributed by atoms with E-state index in [1.54, 1.807) is 62.5 Å². The van der Waals surface area contributed by atoms with Crippen molar-refractivity contribution in [3.8, 4) is 0 Å². The maximum absolute atomic E-state index is 12.0. The first-order valence-electron chi connectivity index (χ1n) is 7.43. The second-order valence-electron chi connectivity index (χ2n) is 5.46. The summed E-state index contributed by atoms with van der Waals surface area (Å²) in [6, 6.07) is 12.0. The number of nitrogens with zero attached hydrogens (tertiary/aromatic N) is 1. The number of pyridine rings is 1. The Hall–Kier alpha value is -2.21. The van der Waals surface area contributed by atoms with E-state index in [1.807, 2.05) is 0 Å². The fourth-order valence-electron chi connectivity index (χ4n) is 2.03. The molecule has 1 aromatic carbocycles. The van der Waals surface area contributed by atoms with Crippen LogP contribution in [0, 0.1) is 0 Å². The molecule has 0 saturated carbocycles. The van der Waals surface area contributed by atoms with Crippen molar-refractivity contribution in [2.24, 2.45) is 0 Å². The zero-order valence-electron chi connectivity index (χ0n) is 13.2. The van der Waals surface area contributed by atoms with E-state index >= 15 is 0 Å². The Bertz CT molecular complexity index is 754. The third-order valence-electron chi connectivity index (χ3n) is 3.47. The number of carbonyl (C=O) groups is 1. The highest BCUT2D eigenvalue weighted by atomic mass is 32.2. The molecule has 0 spiro atoms. The highest BCUT2D eigenvalue weighted by Crippen LogP contribution is 2.16. The van der Waals surface area contributed by atoms with Gasteiger partial charge in [0, 0.05) is 12.7 Å². The summed E-state index contributed by atoms with van der Waals surface area (Å²) in [5.74, 6) is -0.218. The van der Waals surface area contributed by atoms with Gasteiger partial charge in [0.05, 0.1) is 10.1 Å². The molecular formula is C17H20N2O3S. The molecule has 23 heavy (non-hydrogen) atoms. The summed E-state index contributed by atoms with van der Waals surface area (Å²) in [7, 11) is -3.24. The molecule has 0 bridgehead atoms. The van der Waals surface area contributed by atoms with Crippen molar-refractivity contribution >= 4 is 15.7 Å². The lowest BCUT2D eigenvalue weighted by atomic mass is 10.1. The number of sulfone groups is 1. The van der Waals surface area contributed by atoms with Crippen LogP contribution in [0.2, 0.25) is 0 Å². The molecule has 1 aromatic heterocycles. The molecule has 0 saturated heterocycles. The second-order valence-corrected chi connectivity index (χ2v) is 7.96. The van der Waals surface area contributed by atoms with Crippen LogP contribution in [0.4, 0.5) is 0 Å². The lowest BCUT2D eigenvalue weighted by molar-refractivity contribution is 0.0949. The first-order chi connectivity index (χ1) is 10.9. The molecular weight excluding hydrogens is 312 g/mol. The molecule has 122 valence electrons. The SMILES string of the molecule is CC(C)S(=O)(=O)c1ccc(CCNC(=O)c2ccccn2)cc1. The van der Waals surface area contributed by atoms with Gasteiger partial charge in [-0.3, -0.25) is 9.78 Å². The van der Waals surface area contributed by atoms with Gasteiger partial charge in [0.2, 0.25) is 0 Å². The molecule has 0 atom stereocenters. The standard InChI is InChI=1S/C17H20N2O3S/c1-13(2)23(21,22)15-8-6-14(7-9-15)10-12-19-17(20)16-5-3-4-11-18-16/h3-9,11,13H,10,12H2,1-2H3,(H,19,20). The van der Waals surface area contributed by atoms with Crippen molar-refractivity contribution < 1.29 is 13.2 Å². The van der Waals surface area contributed by atoms with Crippen LogP contribution < -0.4 is 5.32 Å². The van der Waals surface area contributed by atoms with E-state index in [0.717, 1.165) is 5.56 Å². The quantitative estimate of drug-likeness (QED) is 0.880. The number of amides is 1.